The number of carbonyl (C=O) groups excluding carboxylic acids is 1. The average molecular weight is 324 g/mol. The molecule has 0 aliphatic heterocycles. The number of hydrogen-bond acceptors (Lipinski definition) is 5. The molecular weight excluding hydrogens is 304 g/mol. The second-order valence-corrected chi connectivity index (χ2v) is 5.51. The minimum atomic E-state index is -0.0925. The summed E-state index contributed by atoms with van der Waals surface area (Å²) in [5, 5.41) is 18.8. The molecule has 2 N–H and O–H groups in total. The van der Waals surface area contributed by atoms with Gasteiger partial charge in [0.25, 0.3) is 5.91 Å². The molecule has 0 saturated heterocycles. The van der Waals surface area contributed by atoms with Crippen LogP contribution in [-0.2, 0) is 6.42 Å². The summed E-state index contributed by atoms with van der Waals surface area (Å²) < 4.78 is 1.70. The number of aryl methyl sites for hydroxylation is 1. The number of aromatic nitrogens is 4. The lowest BCUT2D eigenvalue weighted by Gasteiger charge is -2.06. The Labute approximate surface area is 140 Å². The summed E-state index contributed by atoms with van der Waals surface area (Å²) in [7, 11) is 0. The van der Waals surface area contributed by atoms with Gasteiger partial charge in [-0.2, -0.15) is 4.52 Å². The Kier molecular flexibility index (Phi) is 4.69. The monoisotopic (exact) mass is 324 g/mol. The first-order valence-corrected chi connectivity index (χ1v) is 7.97. The average Bonchev–Trinajstić information content (AvgIpc) is 2.98. The maximum absolute atomic E-state index is 12.1. The lowest BCUT2D eigenvalue weighted by molar-refractivity contribution is 0.0954. The minimum absolute atomic E-state index is 0.0925. The van der Waals surface area contributed by atoms with Crippen molar-refractivity contribution in [1.29, 1.82) is 0 Å². The zero-order chi connectivity index (χ0) is 16.9. The molecule has 2 aromatic heterocycles. The SMILES string of the molecule is CCNc1ccc2nnc(CCNC(=O)c3ccc(C)cc3)n2n1. The Morgan fingerprint density at radius 3 is 2.67 bits per heavy atom. The van der Waals surface area contributed by atoms with Crippen molar-refractivity contribution in [1.82, 2.24) is 25.1 Å². The van der Waals surface area contributed by atoms with Gasteiger partial charge >= 0.3 is 0 Å². The van der Waals surface area contributed by atoms with E-state index in [9.17, 15) is 4.79 Å². The number of rotatable bonds is 6. The number of carbonyl (C=O) groups is 1. The number of hydrogen-bond donors (Lipinski definition) is 2. The Balaban J connectivity index is 1.64. The lowest BCUT2D eigenvalue weighted by atomic mass is 10.1. The minimum Gasteiger partial charge on any atom is -0.369 e. The summed E-state index contributed by atoms with van der Waals surface area (Å²) in [6, 6.07) is 11.2. The van der Waals surface area contributed by atoms with Gasteiger partial charge in [-0.1, -0.05) is 17.7 Å². The highest BCUT2D eigenvalue weighted by Gasteiger charge is 2.09. The van der Waals surface area contributed by atoms with Gasteiger partial charge in [0.15, 0.2) is 11.5 Å². The number of nitrogens with zero attached hydrogens (tertiary/aromatic N) is 4. The van der Waals surface area contributed by atoms with Crippen LogP contribution in [0.4, 0.5) is 5.82 Å². The molecule has 0 aliphatic rings. The number of benzene rings is 1. The summed E-state index contributed by atoms with van der Waals surface area (Å²) in [4.78, 5) is 12.1. The van der Waals surface area contributed by atoms with Crippen LogP contribution in [0.25, 0.3) is 5.65 Å². The largest absolute Gasteiger partial charge is 0.369 e. The highest BCUT2D eigenvalue weighted by Crippen LogP contribution is 2.07. The molecule has 0 saturated carbocycles. The Morgan fingerprint density at radius 1 is 1.12 bits per heavy atom. The van der Waals surface area contributed by atoms with Gasteiger partial charge in [0, 0.05) is 25.1 Å². The van der Waals surface area contributed by atoms with Crippen molar-refractivity contribution in [2.24, 2.45) is 0 Å². The van der Waals surface area contributed by atoms with Crippen molar-refractivity contribution in [3.8, 4) is 0 Å². The van der Waals surface area contributed by atoms with Crippen molar-refractivity contribution >= 4 is 17.4 Å². The third-order valence-electron chi connectivity index (χ3n) is 3.63. The molecule has 0 aliphatic carbocycles. The summed E-state index contributed by atoms with van der Waals surface area (Å²) >= 11 is 0. The van der Waals surface area contributed by atoms with Crippen molar-refractivity contribution < 1.29 is 4.79 Å². The van der Waals surface area contributed by atoms with Crippen LogP contribution in [0.2, 0.25) is 0 Å². The van der Waals surface area contributed by atoms with Gasteiger partial charge in [0.1, 0.15) is 5.82 Å². The van der Waals surface area contributed by atoms with E-state index in [0.29, 0.717) is 30.0 Å². The van der Waals surface area contributed by atoms with Gasteiger partial charge in [-0.05, 0) is 38.1 Å². The van der Waals surface area contributed by atoms with E-state index in [-0.39, 0.29) is 5.91 Å². The smallest absolute Gasteiger partial charge is 0.251 e. The predicted molar refractivity (Wildman–Crippen MR) is 92.2 cm³/mol. The summed E-state index contributed by atoms with van der Waals surface area (Å²) in [5.74, 6) is 1.40. The summed E-state index contributed by atoms with van der Waals surface area (Å²) in [6.45, 7) is 5.27. The molecule has 7 nitrogen and oxygen atoms in total. The molecule has 0 bridgehead atoms. The van der Waals surface area contributed by atoms with Crippen LogP contribution in [0.5, 0.6) is 0 Å². The lowest BCUT2D eigenvalue weighted by Crippen LogP contribution is -2.26. The molecule has 124 valence electrons. The van der Waals surface area contributed by atoms with Crippen molar-refractivity contribution in [2.75, 3.05) is 18.4 Å². The van der Waals surface area contributed by atoms with E-state index in [2.05, 4.69) is 25.9 Å². The van der Waals surface area contributed by atoms with Gasteiger partial charge in [-0.3, -0.25) is 4.79 Å². The van der Waals surface area contributed by atoms with Gasteiger partial charge in [0.2, 0.25) is 0 Å². The maximum atomic E-state index is 12.1. The second-order valence-electron chi connectivity index (χ2n) is 5.51. The molecular formula is C17H20N6O. The van der Waals surface area contributed by atoms with Gasteiger partial charge in [-0.25, -0.2) is 0 Å². The second kappa shape index (κ2) is 7.08. The summed E-state index contributed by atoms with van der Waals surface area (Å²) in [6.07, 6.45) is 0.557. The van der Waals surface area contributed by atoms with Crippen LogP contribution >= 0.6 is 0 Å². The third-order valence-corrected chi connectivity index (χ3v) is 3.63. The fraction of sp³-hybridized carbons (Fsp3) is 0.294. The Hall–Kier alpha value is -2.96. The van der Waals surface area contributed by atoms with E-state index in [4.69, 9.17) is 0 Å². The zero-order valence-electron chi connectivity index (χ0n) is 13.8. The molecule has 24 heavy (non-hydrogen) atoms. The highest BCUT2D eigenvalue weighted by molar-refractivity contribution is 5.94. The van der Waals surface area contributed by atoms with Crippen LogP contribution in [0.1, 0.15) is 28.7 Å². The zero-order valence-corrected chi connectivity index (χ0v) is 13.8. The quantitative estimate of drug-likeness (QED) is 0.723. The van der Waals surface area contributed by atoms with Crippen molar-refractivity contribution in [3.63, 3.8) is 0 Å². The van der Waals surface area contributed by atoms with E-state index >= 15 is 0 Å². The van der Waals surface area contributed by atoms with Crippen LogP contribution in [0.15, 0.2) is 36.4 Å². The maximum Gasteiger partial charge on any atom is 0.251 e. The molecule has 7 heteroatoms. The van der Waals surface area contributed by atoms with E-state index in [1.807, 2.05) is 50.2 Å². The van der Waals surface area contributed by atoms with Crippen LogP contribution in [0.3, 0.4) is 0 Å². The molecule has 1 aromatic carbocycles. The molecule has 0 spiro atoms. The number of fused-ring (bicyclic) bond motifs is 1. The van der Waals surface area contributed by atoms with E-state index in [0.717, 1.165) is 17.9 Å². The van der Waals surface area contributed by atoms with Crippen LogP contribution < -0.4 is 10.6 Å². The normalized spacial score (nSPS) is 10.8. The number of anilines is 1. The molecule has 0 fully saturated rings. The van der Waals surface area contributed by atoms with Crippen LogP contribution in [-0.4, -0.2) is 38.8 Å². The van der Waals surface area contributed by atoms with Gasteiger partial charge in [0.05, 0.1) is 0 Å². The molecule has 0 unspecified atom stereocenters. The number of amides is 1. The first-order chi connectivity index (χ1) is 11.7. The molecule has 0 atom stereocenters. The van der Waals surface area contributed by atoms with Crippen molar-refractivity contribution in [2.45, 2.75) is 20.3 Å². The Morgan fingerprint density at radius 2 is 1.92 bits per heavy atom. The molecule has 1 amide bonds. The highest BCUT2D eigenvalue weighted by atomic mass is 16.1. The third kappa shape index (κ3) is 3.51. The first-order valence-electron chi connectivity index (χ1n) is 7.97. The van der Waals surface area contributed by atoms with Crippen molar-refractivity contribution in [3.05, 3.63) is 53.3 Å². The molecule has 2 heterocycles. The van der Waals surface area contributed by atoms with Gasteiger partial charge in [-0.15, -0.1) is 15.3 Å². The topological polar surface area (TPSA) is 84.2 Å². The number of nitrogens with one attached hydrogen (secondary N) is 2. The van der Waals surface area contributed by atoms with E-state index < -0.39 is 0 Å². The molecule has 0 radical (unpaired) electrons. The van der Waals surface area contributed by atoms with E-state index in [1.54, 1.807) is 4.52 Å². The summed E-state index contributed by atoms with van der Waals surface area (Å²) in [5.41, 5.74) is 2.47. The van der Waals surface area contributed by atoms with Gasteiger partial charge < -0.3 is 10.6 Å². The fourth-order valence-corrected chi connectivity index (χ4v) is 2.36. The fourth-order valence-electron chi connectivity index (χ4n) is 2.36. The van der Waals surface area contributed by atoms with E-state index in [1.165, 1.54) is 0 Å². The predicted octanol–water partition coefficient (Wildman–Crippen LogP) is 1.84. The van der Waals surface area contributed by atoms with Crippen LogP contribution in [0, 0.1) is 6.92 Å². The first kappa shape index (κ1) is 15.9. The standard InChI is InChI=1S/C17H20N6O/c1-3-18-14-8-9-15-20-21-16(23(15)22-14)10-11-19-17(24)13-6-4-12(2)5-7-13/h4-9H,3,10-11H2,1-2H3,(H,18,22)(H,19,24). The molecule has 3 aromatic rings. The molecule has 3 rings (SSSR count). The Bertz CT molecular complexity index is 840.